The molecule has 0 aliphatic heterocycles. The third-order valence-electron chi connectivity index (χ3n) is 4.39. The summed E-state index contributed by atoms with van der Waals surface area (Å²) < 4.78 is 0. The first-order chi connectivity index (χ1) is 15.4. The number of hydrogen-bond donors (Lipinski definition) is 0. The molecule has 0 amide bonds. The molecule has 0 heterocycles. The molecule has 0 aliphatic rings. The third-order valence-corrected chi connectivity index (χ3v) is 7.86. The van der Waals surface area contributed by atoms with Gasteiger partial charge in [0.1, 0.15) is 0 Å². The molecule has 0 aromatic heterocycles. The molecule has 5 heteroatoms. The molecule has 0 saturated heterocycles. The van der Waals surface area contributed by atoms with Gasteiger partial charge in [0.05, 0.1) is 0 Å². The average Bonchev–Trinajstić information content (AvgIpc) is 3.63. The molecule has 0 bridgehead atoms. The quantitative estimate of drug-likeness (QED) is 0.0953. The van der Waals surface area contributed by atoms with Crippen LogP contribution in [0.5, 0.6) is 0 Å². The number of hydrogen-bond acceptors (Lipinski definition) is 3. The second kappa shape index (κ2) is 24.6. The zero-order chi connectivity index (χ0) is 21.7. The molecule has 0 saturated carbocycles. The first-order valence-electron chi connectivity index (χ1n) is 10.9. The maximum absolute atomic E-state index is 2.22. The van der Waals surface area contributed by atoms with E-state index in [1.807, 2.05) is 60.7 Å². The van der Waals surface area contributed by atoms with Crippen LogP contribution in [0, 0.1) is 0 Å². The number of thioether (sulfide) groups is 3. The van der Waals surface area contributed by atoms with Gasteiger partial charge in [0.15, 0.2) is 0 Å². The topological polar surface area (TPSA) is 0 Å². The van der Waals surface area contributed by atoms with Gasteiger partial charge in [-0.05, 0) is 11.5 Å². The third kappa shape index (κ3) is 19.5. The minimum absolute atomic E-state index is 0. The van der Waals surface area contributed by atoms with Crippen LogP contribution < -0.4 is 0 Å². The minimum Gasteiger partial charge on any atom is -0.748 e. The van der Waals surface area contributed by atoms with Crippen LogP contribution in [0.15, 0.2) is 109 Å². The molecule has 0 spiro atoms. The molecule has 4 aromatic carbocycles. The van der Waals surface area contributed by atoms with Gasteiger partial charge in [-0.1, -0.05) is 6.42 Å². The molecule has 0 nitrogen and oxygen atoms in total. The zero-order valence-corrected chi connectivity index (χ0v) is 23.6. The fourth-order valence-electron chi connectivity index (χ4n) is 2.72. The summed E-state index contributed by atoms with van der Waals surface area (Å²) in [4.78, 5) is 0. The normalized spacial score (nSPS) is 9.45. The fourth-order valence-corrected chi connectivity index (χ4v) is 5.98. The van der Waals surface area contributed by atoms with Crippen molar-refractivity contribution in [3.8, 4) is 0 Å². The zero-order valence-electron chi connectivity index (χ0n) is 19.0. The molecule has 0 aliphatic carbocycles. The van der Waals surface area contributed by atoms with Crippen LogP contribution in [0.25, 0.3) is 0 Å². The molecule has 0 N–H and O–H groups in total. The van der Waals surface area contributed by atoms with Crippen molar-refractivity contribution in [2.75, 3.05) is 34.5 Å². The Kier molecular flexibility index (Phi) is 24.2. The molecule has 4 aromatic rings. The van der Waals surface area contributed by atoms with E-state index >= 15 is 0 Å². The largest absolute Gasteiger partial charge is 0.748 e. The summed E-state index contributed by atoms with van der Waals surface area (Å²) in [5.74, 6) is 7.72. The fraction of sp³-hybridized carbons (Fsp3) is 0.286. The van der Waals surface area contributed by atoms with Crippen molar-refractivity contribution in [3.05, 3.63) is 120 Å². The smallest absolute Gasteiger partial charge is 0.00238 e. The predicted molar refractivity (Wildman–Crippen MR) is 148 cm³/mol. The van der Waals surface area contributed by atoms with Crippen LogP contribution in [-0.4, -0.2) is 34.5 Å². The van der Waals surface area contributed by atoms with Crippen molar-refractivity contribution in [1.82, 2.24) is 0 Å². The molecule has 4 rings (SSSR count). The van der Waals surface area contributed by atoms with Crippen molar-refractivity contribution >= 4 is 35.3 Å². The van der Waals surface area contributed by atoms with E-state index in [4.69, 9.17) is 0 Å². The van der Waals surface area contributed by atoms with Crippen LogP contribution in [0.1, 0.15) is 11.1 Å². The molecule has 0 atom stereocenters. The summed E-state index contributed by atoms with van der Waals surface area (Å²) in [6, 6.07) is 37.4. The first kappa shape index (κ1) is 32.5. The van der Waals surface area contributed by atoms with Crippen molar-refractivity contribution in [2.24, 2.45) is 0 Å². The monoisotopic (exact) mass is 578 g/mol. The van der Waals surface area contributed by atoms with E-state index in [1.165, 1.54) is 58.5 Å². The maximum Gasteiger partial charge on any atom is 0.00238 e. The second-order valence-electron chi connectivity index (χ2n) is 6.85. The Balaban J connectivity index is 0.000000701. The molecule has 0 radical (unpaired) electrons. The Morgan fingerprint density at radius 2 is 0.939 bits per heavy atom. The summed E-state index contributed by atoms with van der Waals surface area (Å²) in [6.07, 6.45) is 2.44. The summed E-state index contributed by atoms with van der Waals surface area (Å²) in [6.45, 7) is 0. The van der Waals surface area contributed by atoms with E-state index in [0.717, 1.165) is 0 Å². The molecule has 0 fully saturated rings. The van der Waals surface area contributed by atoms with Gasteiger partial charge in [0.2, 0.25) is 0 Å². The minimum atomic E-state index is 0. The van der Waals surface area contributed by atoms with Gasteiger partial charge < -0.3 is 29.8 Å². The summed E-state index contributed by atoms with van der Waals surface area (Å²) in [7, 11) is 0. The van der Waals surface area contributed by atoms with E-state index in [-0.39, 0.29) is 34.1 Å². The first-order valence-corrected chi connectivity index (χ1v) is 14.4. The van der Waals surface area contributed by atoms with Crippen LogP contribution in [0.4, 0.5) is 0 Å². The Hall–Kier alpha value is -0.511. The van der Waals surface area contributed by atoms with E-state index in [9.17, 15) is 0 Å². The van der Waals surface area contributed by atoms with Crippen LogP contribution in [0.3, 0.4) is 0 Å². The van der Waals surface area contributed by atoms with Crippen molar-refractivity contribution in [2.45, 2.75) is 12.8 Å². The van der Waals surface area contributed by atoms with Crippen molar-refractivity contribution < 1.29 is 34.1 Å². The second-order valence-corrected chi connectivity index (χ2v) is 10.5. The standard InChI is InChI=1S/C18H24S3.2C5H5.2Fe/c1-2-6-17(5-1)9-11-19-13-15-21-16-14-20-12-10-18-7-3-4-8-18;2*1-2-4-5-3-1;;/h1-8H,9-16H2;2*1-5H;;/q-6;2*-1;;. The Morgan fingerprint density at radius 1 is 0.515 bits per heavy atom. The van der Waals surface area contributed by atoms with Crippen LogP contribution in [0.2, 0.25) is 0 Å². The Labute approximate surface area is 235 Å². The van der Waals surface area contributed by atoms with E-state index in [1.54, 1.807) is 0 Å². The summed E-state index contributed by atoms with van der Waals surface area (Å²) >= 11 is 6.29. The van der Waals surface area contributed by atoms with Crippen LogP contribution >= 0.6 is 35.3 Å². The van der Waals surface area contributed by atoms with Crippen molar-refractivity contribution in [3.63, 3.8) is 0 Å². The van der Waals surface area contributed by atoms with Gasteiger partial charge >= 0.3 is 0 Å². The van der Waals surface area contributed by atoms with Gasteiger partial charge in [-0.25, -0.2) is 42.8 Å². The summed E-state index contributed by atoms with van der Waals surface area (Å²) in [5.41, 5.74) is 2.97. The average molecular weight is 578 g/mol. The molecular formula is C28H34Fe2S3-8. The Bertz CT molecular complexity index is 674. The SMILES string of the molecule is [Fe].[Fe].c1cc[c-](CCSCCSCCSCC[c-]2[cH-][cH-][cH-][cH-]2)c1.c1cc[cH-]c1.c1cc[cH-]c1. The van der Waals surface area contributed by atoms with Gasteiger partial charge in [-0.15, -0.1) is 0 Å². The van der Waals surface area contributed by atoms with Gasteiger partial charge in [0.25, 0.3) is 0 Å². The van der Waals surface area contributed by atoms with Crippen molar-refractivity contribution in [1.29, 1.82) is 0 Å². The Morgan fingerprint density at radius 3 is 1.36 bits per heavy atom. The van der Waals surface area contributed by atoms with Crippen LogP contribution in [-0.2, 0) is 47.0 Å². The van der Waals surface area contributed by atoms with Gasteiger partial charge in [-0.2, -0.15) is 89.4 Å². The molecular weight excluding hydrogens is 544 g/mol. The predicted octanol–water partition coefficient (Wildman–Crippen LogP) is 7.92. The number of aryl methyl sites for hydroxylation is 2. The van der Waals surface area contributed by atoms with E-state index in [2.05, 4.69) is 83.8 Å². The van der Waals surface area contributed by atoms with Gasteiger partial charge in [-0.3, -0.25) is 0 Å². The summed E-state index contributed by atoms with van der Waals surface area (Å²) in [5, 5.41) is 0. The van der Waals surface area contributed by atoms with E-state index in [0.29, 0.717) is 0 Å². The molecule has 0 unspecified atom stereocenters. The molecule has 33 heavy (non-hydrogen) atoms. The maximum atomic E-state index is 2.22. The van der Waals surface area contributed by atoms with E-state index < -0.39 is 0 Å². The van der Waals surface area contributed by atoms with Gasteiger partial charge in [0, 0.05) is 57.1 Å². The number of rotatable bonds is 12. The molecule has 188 valence electrons.